The minimum Gasteiger partial charge on any atom is -0.360 e. The Labute approximate surface area is 169 Å². The van der Waals surface area contributed by atoms with Gasteiger partial charge in [-0.2, -0.15) is 0 Å². The van der Waals surface area contributed by atoms with E-state index in [2.05, 4.69) is 49.6 Å². The highest BCUT2D eigenvalue weighted by atomic mass is 16.5. The molecule has 29 heavy (non-hydrogen) atoms. The Morgan fingerprint density at radius 3 is 2.52 bits per heavy atom. The Hall–Kier alpha value is -3.26. The maximum absolute atomic E-state index is 13.0. The molecule has 0 saturated carbocycles. The number of rotatable bonds is 5. The summed E-state index contributed by atoms with van der Waals surface area (Å²) in [6.07, 6.45) is 0. The van der Waals surface area contributed by atoms with E-state index in [9.17, 15) is 4.79 Å². The summed E-state index contributed by atoms with van der Waals surface area (Å²) in [6, 6.07) is 13.9. The van der Waals surface area contributed by atoms with Gasteiger partial charge in [0.15, 0.2) is 5.82 Å². The van der Waals surface area contributed by atoms with Crippen molar-refractivity contribution in [1.29, 1.82) is 0 Å². The van der Waals surface area contributed by atoms with Crippen molar-refractivity contribution in [3.05, 3.63) is 65.2 Å². The van der Waals surface area contributed by atoms with Crippen LogP contribution in [0.25, 0.3) is 0 Å². The van der Waals surface area contributed by atoms with Gasteiger partial charge in [0.25, 0.3) is 5.91 Å². The summed E-state index contributed by atoms with van der Waals surface area (Å²) in [5, 5.41) is 6.87. The van der Waals surface area contributed by atoms with Gasteiger partial charge in [-0.15, -0.1) is 0 Å². The molecule has 1 N–H and O–H groups in total. The molecular formula is C21H24N6O2. The summed E-state index contributed by atoms with van der Waals surface area (Å²) in [6.45, 7) is 7.60. The Balaban J connectivity index is 1.39. The minimum atomic E-state index is -0.0748. The van der Waals surface area contributed by atoms with E-state index in [4.69, 9.17) is 4.52 Å². The second kappa shape index (κ2) is 8.40. The number of nitrogens with zero attached hydrogens (tertiary/aromatic N) is 5. The summed E-state index contributed by atoms with van der Waals surface area (Å²) in [7, 11) is 0. The van der Waals surface area contributed by atoms with Crippen molar-refractivity contribution >= 4 is 17.7 Å². The monoisotopic (exact) mass is 392 g/mol. The Morgan fingerprint density at radius 2 is 1.83 bits per heavy atom. The van der Waals surface area contributed by atoms with Crippen LogP contribution in [0.5, 0.6) is 0 Å². The summed E-state index contributed by atoms with van der Waals surface area (Å²) in [4.78, 5) is 25.9. The normalized spacial score (nSPS) is 14.8. The number of hydrogen-bond donors (Lipinski definition) is 1. The molecule has 0 bridgehead atoms. The predicted octanol–water partition coefficient (Wildman–Crippen LogP) is 2.78. The van der Waals surface area contributed by atoms with E-state index in [0.29, 0.717) is 42.0 Å². The molecule has 1 aliphatic rings. The molecule has 1 aromatic carbocycles. The van der Waals surface area contributed by atoms with E-state index in [1.165, 1.54) is 5.56 Å². The zero-order valence-electron chi connectivity index (χ0n) is 16.6. The molecule has 8 heteroatoms. The number of nitrogens with one attached hydrogen (secondary N) is 1. The third-order valence-electron chi connectivity index (χ3n) is 4.85. The number of carbonyl (C=O) groups excluding carboxylic acids is 1. The van der Waals surface area contributed by atoms with Gasteiger partial charge in [-0.1, -0.05) is 35.5 Å². The quantitative estimate of drug-likeness (QED) is 0.714. The smallest absolute Gasteiger partial charge is 0.272 e. The van der Waals surface area contributed by atoms with Crippen molar-refractivity contribution < 1.29 is 9.32 Å². The maximum atomic E-state index is 13.0. The molecule has 8 nitrogen and oxygen atoms in total. The molecule has 2 aromatic heterocycles. The van der Waals surface area contributed by atoms with Crippen LogP contribution in [0.4, 0.5) is 11.8 Å². The van der Waals surface area contributed by atoms with Crippen LogP contribution in [0.1, 0.15) is 27.5 Å². The Morgan fingerprint density at radius 1 is 1.07 bits per heavy atom. The molecule has 0 radical (unpaired) electrons. The fourth-order valence-electron chi connectivity index (χ4n) is 3.39. The molecule has 0 spiro atoms. The van der Waals surface area contributed by atoms with E-state index >= 15 is 0 Å². The van der Waals surface area contributed by atoms with Gasteiger partial charge in [0, 0.05) is 44.5 Å². The largest absolute Gasteiger partial charge is 0.360 e. The van der Waals surface area contributed by atoms with Crippen LogP contribution in [-0.4, -0.2) is 57.0 Å². The van der Waals surface area contributed by atoms with Gasteiger partial charge in [0.05, 0.1) is 0 Å². The van der Waals surface area contributed by atoms with Crippen LogP contribution in [0.3, 0.4) is 0 Å². The van der Waals surface area contributed by atoms with Gasteiger partial charge < -0.3 is 14.7 Å². The first-order valence-corrected chi connectivity index (χ1v) is 9.68. The van der Waals surface area contributed by atoms with Crippen molar-refractivity contribution in [3.8, 4) is 0 Å². The van der Waals surface area contributed by atoms with Crippen LogP contribution >= 0.6 is 0 Å². The number of hydrogen-bond acceptors (Lipinski definition) is 7. The van der Waals surface area contributed by atoms with Gasteiger partial charge in [0.1, 0.15) is 11.5 Å². The summed E-state index contributed by atoms with van der Waals surface area (Å²) in [5.74, 6) is 1.46. The highest BCUT2D eigenvalue weighted by Crippen LogP contribution is 2.16. The van der Waals surface area contributed by atoms with Gasteiger partial charge in [-0.3, -0.25) is 9.69 Å². The molecule has 1 fully saturated rings. The van der Waals surface area contributed by atoms with Crippen molar-refractivity contribution in [1.82, 2.24) is 24.9 Å². The number of carbonyl (C=O) groups is 1. The van der Waals surface area contributed by atoms with Crippen LogP contribution in [0.2, 0.25) is 0 Å². The zero-order valence-corrected chi connectivity index (χ0v) is 16.6. The average molecular weight is 392 g/mol. The number of aromatic nitrogens is 3. The maximum Gasteiger partial charge on any atom is 0.272 e. The van der Waals surface area contributed by atoms with Crippen LogP contribution in [0, 0.1) is 13.8 Å². The third kappa shape index (κ3) is 4.78. The topological polar surface area (TPSA) is 87.4 Å². The van der Waals surface area contributed by atoms with Gasteiger partial charge in [0.2, 0.25) is 5.95 Å². The van der Waals surface area contributed by atoms with E-state index < -0.39 is 0 Å². The summed E-state index contributed by atoms with van der Waals surface area (Å²) < 4.78 is 5.04. The SMILES string of the molecule is Cc1cc(C(=O)N2CCN(Cc3ccccc3)CC2)nc(Nc2cc(C)on2)n1. The molecule has 3 heterocycles. The van der Waals surface area contributed by atoms with Crippen molar-refractivity contribution in [2.75, 3.05) is 31.5 Å². The van der Waals surface area contributed by atoms with E-state index in [1.54, 1.807) is 12.1 Å². The lowest BCUT2D eigenvalue weighted by Gasteiger charge is -2.34. The molecule has 1 amide bonds. The van der Waals surface area contributed by atoms with Crippen molar-refractivity contribution in [2.24, 2.45) is 0 Å². The molecule has 1 saturated heterocycles. The molecule has 1 aliphatic heterocycles. The average Bonchev–Trinajstić information content (AvgIpc) is 3.13. The van der Waals surface area contributed by atoms with Crippen molar-refractivity contribution in [2.45, 2.75) is 20.4 Å². The standard InChI is InChI=1S/C21H24N6O2/c1-15-12-18(23-21(22-15)24-19-13-16(2)29-25-19)20(28)27-10-8-26(9-11-27)14-17-6-4-3-5-7-17/h3-7,12-13H,8-11,14H2,1-2H3,(H,22,23,24,25). The van der Waals surface area contributed by atoms with Crippen LogP contribution in [-0.2, 0) is 6.54 Å². The van der Waals surface area contributed by atoms with Gasteiger partial charge in [-0.25, -0.2) is 9.97 Å². The number of anilines is 2. The van der Waals surface area contributed by atoms with Crippen LogP contribution in [0.15, 0.2) is 47.0 Å². The predicted molar refractivity (Wildman–Crippen MR) is 109 cm³/mol. The summed E-state index contributed by atoms with van der Waals surface area (Å²) >= 11 is 0. The van der Waals surface area contributed by atoms with Crippen LogP contribution < -0.4 is 5.32 Å². The molecule has 0 aliphatic carbocycles. The number of benzene rings is 1. The number of amides is 1. The fourth-order valence-corrected chi connectivity index (χ4v) is 3.39. The molecule has 3 aromatic rings. The molecule has 0 atom stereocenters. The first-order chi connectivity index (χ1) is 14.1. The number of aryl methyl sites for hydroxylation is 2. The first kappa shape index (κ1) is 19.1. The van der Waals surface area contributed by atoms with Gasteiger partial charge >= 0.3 is 0 Å². The third-order valence-corrected chi connectivity index (χ3v) is 4.85. The molecule has 150 valence electrons. The Bertz CT molecular complexity index is 980. The zero-order chi connectivity index (χ0) is 20.2. The fraction of sp³-hybridized carbons (Fsp3) is 0.333. The lowest BCUT2D eigenvalue weighted by atomic mass is 10.2. The van der Waals surface area contributed by atoms with E-state index in [1.807, 2.05) is 24.8 Å². The molecular weight excluding hydrogens is 368 g/mol. The number of piperazine rings is 1. The van der Waals surface area contributed by atoms with E-state index in [-0.39, 0.29) is 5.91 Å². The second-order valence-corrected chi connectivity index (χ2v) is 7.22. The highest BCUT2D eigenvalue weighted by Gasteiger charge is 2.24. The molecule has 0 unspecified atom stereocenters. The molecule has 4 rings (SSSR count). The highest BCUT2D eigenvalue weighted by molar-refractivity contribution is 5.92. The summed E-state index contributed by atoms with van der Waals surface area (Å²) in [5.41, 5.74) is 2.39. The van der Waals surface area contributed by atoms with Gasteiger partial charge in [-0.05, 0) is 25.5 Å². The van der Waals surface area contributed by atoms with E-state index in [0.717, 1.165) is 19.6 Å². The lowest BCUT2D eigenvalue weighted by molar-refractivity contribution is 0.0622. The van der Waals surface area contributed by atoms with Crippen molar-refractivity contribution in [3.63, 3.8) is 0 Å². The minimum absolute atomic E-state index is 0.0748. The first-order valence-electron chi connectivity index (χ1n) is 9.68. The Kier molecular flexibility index (Phi) is 5.53. The lowest BCUT2D eigenvalue weighted by Crippen LogP contribution is -2.48. The second-order valence-electron chi connectivity index (χ2n) is 7.22.